The van der Waals surface area contributed by atoms with Crippen molar-refractivity contribution in [3.8, 4) is 0 Å². The van der Waals surface area contributed by atoms with Crippen LogP contribution in [0.15, 0.2) is 66.7 Å². The minimum atomic E-state index is -0.347. The van der Waals surface area contributed by atoms with Crippen LogP contribution in [0.2, 0.25) is 0 Å². The first-order valence-electron chi connectivity index (χ1n) is 9.31. The van der Waals surface area contributed by atoms with Crippen LogP contribution in [0, 0.1) is 0 Å². The molecule has 3 aromatic carbocycles. The quantitative estimate of drug-likeness (QED) is 0.476. The lowest BCUT2D eigenvalue weighted by atomic mass is 10.1. The summed E-state index contributed by atoms with van der Waals surface area (Å²) < 4.78 is 2.11. The van der Waals surface area contributed by atoms with Crippen LogP contribution in [0.1, 0.15) is 26.3 Å². The highest BCUT2D eigenvalue weighted by Crippen LogP contribution is 2.29. The molecular formula is C23H14N4O2. The summed E-state index contributed by atoms with van der Waals surface area (Å²) in [5.74, 6) is -0.689. The van der Waals surface area contributed by atoms with E-state index in [-0.39, 0.29) is 11.8 Å². The number of fused-ring (bicyclic) bond motifs is 5. The van der Waals surface area contributed by atoms with E-state index in [1.54, 1.807) is 12.1 Å². The van der Waals surface area contributed by atoms with Gasteiger partial charge in [0.25, 0.3) is 11.8 Å². The summed E-state index contributed by atoms with van der Waals surface area (Å²) in [6.45, 7) is 0.520. The van der Waals surface area contributed by atoms with Crippen LogP contribution in [0.25, 0.3) is 33.1 Å². The predicted octanol–water partition coefficient (Wildman–Crippen LogP) is 3.67. The van der Waals surface area contributed by atoms with Crippen LogP contribution >= 0.6 is 0 Å². The second-order valence-corrected chi connectivity index (χ2v) is 7.15. The molecule has 3 heterocycles. The minimum Gasteiger partial charge on any atom is -0.319 e. The smallest absolute Gasteiger partial charge is 0.258 e. The zero-order valence-corrected chi connectivity index (χ0v) is 15.2. The lowest BCUT2D eigenvalue weighted by molar-refractivity contribution is 0.0879. The minimum absolute atomic E-state index is 0.342. The number of aromatic nitrogens is 3. The van der Waals surface area contributed by atoms with E-state index in [4.69, 9.17) is 9.97 Å². The van der Waals surface area contributed by atoms with Gasteiger partial charge in [0.2, 0.25) is 0 Å². The molecule has 6 rings (SSSR count). The molecule has 0 saturated heterocycles. The summed E-state index contributed by atoms with van der Waals surface area (Å²) in [5.41, 5.74) is 6.14. The molecular weight excluding hydrogens is 364 g/mol. The summed E-state index contributed by atoms with van der Waals surface area (Å²) in [5, 5.41) is 3.38. The molecule has 0 radical (unpaired) electrons. The van der Waals surface area contributed by atoms with Gasteiger partial charge >= 0.3 is 0 Å². The van der Waals surface area contributed by atoms with E-state index in [2.05, 4.69) is 9.88 Å². The van der Waals surface area contributed by atoms with Crippen molar-refractivity contribution in [1.82, 2.24) is 19.9 Å². The largest absolute Gasteiger partial charge is 0.319 e. The molecule has 6 heteroatoms. The molecule has 0 aliphatic carbocycles. The topological polar surface area (TPSA) is 76.9 Å². The van der Waals surface area contributed by atoms with E-state index in [9.17, 15) is 9.59 Å². The van der Waals surface area contributed by atoms with Crippen molar-refractivity contribution >= 4 is 44.9 Å². The zero-order chi connectivity index (χ0) is 19.5. The van der Waals surface area contributed by atoms with Crippen molar-refractivity contribution < 1.29 is 9.59 Å². The maximum absolute atomic E-state index is 12.0. The van der Waals surface area contributed by atoms with Gasteiger partial charge in [-0.25, -0.2) is 9.97 Å². The Morgan fingerprint density at radius 3 is 2.38 bits per heavy atom. The number of amides is 2. The number of nitrogens with zero attached hydrogens (tertiary/aromatic N) is 3. The fourth-order valence-corrected chi connectivity index (χ4v) is 4.04. The van der Waals surface area contributed by atoms with E-state index in [1.807, 2.05) is 54.6 Å². The van der Waals surface area contributed by atoms with Gasteiger partial charge in [0.1, 0.15) is 5.52 Å². The molecule has 2 amide bonds. The summed E-state index contributed by atoms with van der Waals surface area (Å²) in [6.07, 6.45) is 0. The summed E-state index contributed by atoms with van der Waals surface area (Å²) in [7, 11) is 0. The van der Waals surface area contributed by atoms with E-state index in [0.717, 1.165) is 38.7 Å². The molecule has 5 aromatic rings. The number of rotatable bonds is 2. The Hall–Kier alpha value is -4.06. The number of benzene rings is 3. The zero-order valence-electron chi connectivity index (χ0n) is 15.2. The lowest BCUT2D eigenvalue weighted by Gasteiger charge is -2.08. The molecule has 1 aliphatic heterocycles. The van der Waals surface area contributed by atoms with Gasteiger partial charge in [-0.1, -0.05) is 36.4 Å². The van der Waals surface area contributed by atoms with E-state index >= 15 is 0 Å². The van der Waals surface area contributed by atoms with Crippen LogP contribution in [0.4, 0.5) is 0 Å². The Balaban J connectivity index is 1.59. The highest BCUT2D eigenvalue weighted by molar-refractivity contribution is 6.21. The van der Waals surface area contributed by atoms with E-state index in [0.29, 0.717) is 17.7 Å². The third kappa shape index (κ3) is 2.29. The number of hydrogen-bond acceptors (Lipinski definition) is 4. The number of carbonyl (C=O) groups excluding carboxylic acids is 2. The maximum Gasteiger partial charge on any atom is 0.258 e. The second kappa shape index (κ2) is 5.72. The third-order valence-electron chi connectivity index (χ3n) is 5.40. The number of carbonyl (C=O) groups is 2. The van der Waals surface area contributed by atoms with Crippen molar-refractivity contribution in [3.05, 3.63) is 83.4 Å². The van der Waals surface area contributed by atoms with Gasteiger partial charge in [-0.05, 0) is 35.9 Å². The Morgan fingerprint density at radius 2 is 1.52 bits per heavy atom. The molecule has 0 saturated carbocycles. The number of para-hydroxylation sites is 3. The molecule has 0 atom stereocenters. The van der Waals surface area contributed by atoms with Gasteiger partial charge in [-0.15, -0.1) is 0 Å². The van der Waals surface area contributed by atoms with Gasteiger partial charge in [0.05, 0.1) is 27.7 Å². The van der Waals surface area contributed by atoms with E-state index < -0.39 is 0 Å². The van der Waals surface area contributed by atoms with Crippen molar-refractivity contribution in [2.45, 2.75) is 6.54 Å². The molecule has 1 aliphatic rings. The SMILES string of the molecule is O=C1NC(=O)c2cc(Cn3c4ccccc4c4nc5ccccc5nc43)ccc21. The maximum atomic E-state index is 12.0. The molecule has 0 spiro atoms. The second-order valence-electron chi connectivity index (χ2n) is 7.15. The first-order chi connectivity index (χ1) is 14.2. The molecule has 29 heavy (non-hydrogen) atoms. The Labute approximate surface area is 164 Å². The van der Waals surface area contributed by atoms with Gasteiger partial charge in [-0.2, -0.15) is 0 Å². The molecule has 6 nitrogen and oxygen atoms in total. The van der Waals surface area contributed by atoms with Crippen LogP contribution in [-0.4, -0.2) is 26.3 Å². The molecule has 138 valence electrons. The van der Waals surface area contributed by atoms with Crippen molar-refractivity contribution in [2.75, 3.05) is 0 Å². The average Bonchev–Trinajstić information content (AvgIpc) is 3.20. The predicted molar refractivity (Wildman–Crippen MR) is 110 cm³/mol. The fourth-order valence-electron chi connectivity index (χ4n) is 4.04. The van der Waals surface area contributed by atoms with Gasteiger partial charge in [0, 0.05) is 11.9 Å². The Bertz CT molecular complexity index is 1500. The number of nitrogens with one attached hydrogen (secondary N) is 1. The molecule has 0 bridgehead atoms. The highest BCUT2D eigenvalue weighted by atomic mass is 16.2. The standard InChI is InChI=1S/C23H14N4O2/c28-22-14-10-9-13(11-16(14)23(29)26-22)12-27-19-8-4-1-5-15(19)20-21(27)25-18-7-3-2-6-17(18)24-20/h1-11H,12H2,(H,26,28,29). The average molecular weight is 378 g/mol. The summed E-state index contributed by atoms with van der Waals surface area (Å²) in [6, 6.07) is 21.3. The van der Waals surface area contributed by atoms with Crippen molar-refractivity contribution in [2.24, 2.45) is 0 Å². The highest BCUT2D eigenvalue weighted by Gasteiger charge is 2.26. The van der Waals surface area contributed by atoms with Crippen LogP contribution in [-0.2, 0) is 6.54 Å². The first-order valence-corrected chi connectivity index (χ1v) is 9.31. The summed E-state index contributed by atoms with van der Waals surface area (Å²) in [4.78, 5) is 33.6. The molecule has 2 aromatic heterocycles. The molecule has 0 unspecified atom stereocenters. The monoisotopic (exact) mass is 378 g/mol. The fraction of sp³-hybridized carbons (Fsp3) is 0.0435. The number of imide groups is 1. The van der Waals surface area contributed by atoms with Crippen molar-refractivity contribution in [1.29, 1.82) is 0 Å². The van der Waals surface area contributed by atoms with Crippen LogP contribution in [0.3, 0.4) is 0 Å². The van der Waals surface area contributed by atoms with Crippen LogP contribution in [0.5, 0.6) is 0 Å². The third-order valence-corrected chi connectivity index (χ3v) is 5.40. The number of hydrogen-bond donors (Lipinski definition) is 1. The Morgan fingerprint density at radius 1 is 0.793 bits per heavy atom. The normalized spacial score (nSPS) is 13.4. The van der Waals surface area contributed by atoms with Gasteiger partial charge < -0.3 is 4.57 Å². The van der Waals surface area contributed by atoms with Crippen LogP contribution < -0.4 is 5.32 Å². The molecule has 0 fully saturated rings. The molecule has 1 N–H and O–H groups in total. The first kappa shape index (κ1) is 15.9. The van der Waals surface area contributed by atoms with Crippen molar-refractivity contribution in [3.63, 3.8) is 0 Å². The summed E-state index contributed by atoms with van der Waals surface area (Å²) >= 11 is 0. The van der Waals surface area contributed by atoms with E-state index in [1.165, 1.54) is 0 Å². The van der Waals surface area contributed by atoms with Gasteiger partial charge in [-0.3, -0.25) is 14.9 Å². The van der Waals surface area contributed by atoms with Gasteiger partial charge in [0.15, 0.2) is 5.65 Å². The lowest BCUT2D eigenvalue weighted by Crippen LogP contribution is -2.19. The Kier molecular flexibility index (Phi) is 3.14.